The van der Waals surface area contributed by atoms with Crippen LogP contribution in [0, 0.1) is 0 Å². The minimum Gasteiger partial charge on any atom is -0.329 e. The summed E-state index contributed by atoms with van der Waals surface area (Å²) >= 11 is 13.4. The van der Waals surface area contributed by atoms with Gasteiger partial charge in [0.25, 0.3) is 0 Å². The molecule has 0 aliphatic heterocycles. The van der Waals surface area contributed by atoms with Crippen LogP contribution in [0.2, 0.25) is 5.02 Å². The summed E-state index contributed by atoms with van der Waals surface area (Å²) in [4.78, 5) is 2.22. The lowest BCUT2D eigenvalue weighted by Gasteiger charge is -2.28. The summed E-state index contributed by atoms with van der Waals surface area (Å²) in [7, 11) is 2.06. The molecule has 2 N–H and O–H groups in total. The molecule has 0 heterocycles. The van der Waals surface area contributed by atoms with Crippen LogP contribution in [0.5, 0.6) is 0 Å². The number of rotatable bonds is 5. The quantitative estimate of drug-likeness (QED) is 0.721. The van der Waals surface area contributed by atoms with Gasteiger partial charge in [-0.3, -0.25) is 4.90 Å². The number of hydrogen-bond donors (Lipinski definition) is 1. The number of hydrogen-bond acceptors (Lipinski definition) is 2. The number of likely N-dealkylation sites (N-methyl/N-ethyl adjacent to an activating group) is 1. The van der Waals surface area contributed by atoms with Gasteiger partial charge >= 0.3 is 0 Å². The van der Waals surface area contributed by atoms with E-state index in [0.29, 0.717) is 6.54 Å². The fourth-order valence-corrected chi connectivity index (χ4v) is 3.35. The van der Waals surface area contributed by atoms with Crippen LogP contribution in [-0.2, 0) is 6.54 Å². The second-order valence-corrected chi connectivity index (χ2v) is 7.10. The second kappa shape index (κ2) is 7.75. The molecule has 2 rings (SSSR count). The molecule has 1 atom stereocenters. The van der Waals surface area contributed by atoms with Gasteiger partial charge in [0.05, 0.1) is 0 Å². The molecule has 112 valence electrons. The van der Waals surface area contributed by atoms with Crippen LogP contribution in [0.1, 0.15) is 17.2 Å². The Hall–Kier alpha value is -0.390. The van der Waals surface area contributed by atoms with Gasteiger partial charge in [0, 0.05) is 33.1 Å². The van der Waals surface area contributed by atoms with E-state index in [1.807, 2.05) is 36.4 Å². The lowest BCUT2D eigenvalue weighted by atomic mass is 10.0. The van der Waals surface area contributed by atoms with Gasteiger partial charge < -0.3 is 5.73 Å². The third kappa shape index (κ3) is 4.30. The maximum atomic E-state index is 6.34. The fourth-order valence-electron chi connectivity index (χ4n) is 2.32. The predicted octanol–water partition coefficient (Wildman–Crippen LogP) is 5.00. The molecule has 0 aromatic heterocycles. The highest BCUT2D eigenvalue weighted by molar-refractivity contribution is 9.10. The van der Waals surface area contributed by atoms with Crippen LogP contribution in [0.4, 0.5) is 0 Å². The first-order valence-electron chi connectivity index (χ1n) is 6.61. The molecule has 0 spiro atoms. The third-order valence-corrected chi connectivity index (χ3v) is 5.06. The third-order valence-electron chi connectivity index (χ3n) is 3.45. The van der Waals surface area contributed by atoms with Crippen LogP contribution < -0.4 is 5.73 Å². The van der Waals surface area contributed by atoms with Gasteiger partial charge in [0.1, 0.15) is 0 Å². The Morgan fingerprint density at radius 3 is 2.57 bits per heavy atom. The van der Waals surface area contributed by atoms with Crippen LogP contribution in [0.25, 0.3) is 0 Å². The highest BCUT2D eigenvalue weighted by Gasteiger charge is 2.19. The van der Waals surface area contributed by atoms with Gasteiger partial charge in [0.15, 0.2) is 0 Å². The van der Waals surface area contributed by atoms with Gasteiger partial charge in [0.2, 0.25) is 0 Å². The summed E-state index contributed by atoms with van der Waals surface area (Å²) in [5.41, 5.74) is 8.26. The first-order valence-corrected chi connectivity index (χ1v) is 8.58. The molecule has 1 unspecified atom stereocenters. The summed E-state index contributed by atoms with van der Waals surface area (Å²) < 4.78 is 2.11. The highest BCUT2D eigenvalue weighted by Crippen LogP contribution is 2.30. The Bertz CT molecular complexity index is 619. The minimum atomic E-state index is 0.0714. The normalized spacial score (nSPS) is 12.7. The first-order chi connectivity index (χ1) is 10.0. The van der Waals surface area contributed by atoms with E-state index >= 15 is 0 Å². The second-order valence-electron chi connectivity index (χ2n) is 4.92. The average molecular weight is 433 g/mol. The van der Waals surface area contributed by atoms with E-state index in [1.165, 1.54) is 5.56 Å². The Labute approximate surface area is 147 Å². The summed E-state index contributed by atoms with van der Waals surface area (Å²) in [6, 6.07) is 14.2. The molecular weight excluding hydrogens is 415 g/mol. The molecule has 0 amide bonds. The molecule has 0 fully saturated rings. The number of nitrogens with zero attached hydrogens (tertiary/aromatic N) is 1. The zero-order valence-corrected chi connectivity index (χ0v) is 15.6. The van der Waals surface area contributed by atoms with Crippen LogP contribution in [-0.4, -0.2) is 18.5 Å². The zero-order valence-electron chi connectivity index (χ0n) is 11.7. The van der Waals surface area contributed by atoms with Crippen molar-refractivity contribution in [2.24, 2.45) is 5.73 Å². The molecule has 2 aromatic rings. The van der Waals surface area contributed by atoms with E-state index < -0.39 is 0 Å². The van der Waals surface area contributed by atoms with E-state index in [2.05, 4.69) is 49.9 Å². The van der Waals surface area contributed by atoms with Crippen molar-refractivity contribution in [3.05, 3.63) is 67.6 Å². The molecule has 0 saturated carbocycles. The van der Waals surface area contributed by atoms with Crippen molar-refractivity contribution >= 4 is 43.5 Å². The molecule has 2 aromatic carbocycles. The number of nitrogens with two attached hydrogens (primary N) is 1. The summed E-state index contributed by atoms with van der Waals surface area (Å²) in [5.74, 6) is 0. The van der Waals surface area contributed by atoms with E-state index in [4.69, 9.17) is 17.3 Å². The minimum absolute atomic E-state index is 0.0714. The number of halogens is 3. The maximum Gasteiger partial charge on any atom is 0.0486 e. The SMILES string of the molecule is CN(Cc1ccccc1Br)C(CN)c1cc(Br)ccc1Cl. The lowest BCUT2D eigenvalue weighted by molar-refractivity contribution is 0.241. The molecule has 0 radical (unpaired) electrons. The fraction of sp³-hybridized carbons (Fsp3) is 0.250. The van der Waals surface area contributed by atoms with Crippen LogP contribution in [0.3, 0.4) is 0 Å². The molecule has 0 bridgehead atoms. The Kier molecular flexibility index (Phi) is 6.26. The molecular formula is C16H17Br2ClN2. The van der Waals surface area contributed by atoms with Gasteiger partial charge in [-0.15, -0.1) is 0 Å². The molecule has 0 saturated heterocycles. The predicted molar refractivity (Wildman–Crippen MR) is 96.6 cm³/mol. The monoisotopic (exact) mass is 430 g/mol. The largest absolute Gasteiger partial charge is 0.329 e. The van der Waals surface area contributed by atoms with E-state index in [-0.39, 0.29) is 6.04 Å². The summed E-state index contributed by atoms with van der Waals surface area (Å²) in [6.45, 7) is 1.31. The number of benzene rings is 2. The van der Waals surface area contributed by atoms with Gasteiger partial charge in [-0.05, 0) is 42.4 Å². The Morgan fingerprint density at radius 1 is 1.19 bits per heavy atom. The zero-order chi connectivity index (χ0) is 15.4. The van der Waals surface area contributed by atoms with Crippen molar-refractivity contribution in [3.8, 4) is 0 Å². The van der Waals surface area contributed by atoms with Gasteiger partial charge in [-0.1, -0.05) is 61.7 Å². The molecule has 5 heteroatoms. The molecule has 21 heavy (non-hydrogen) atoms. The Balaban J connectivity index is 2.25. The summed E-state index contributed by atoms with van der Waals surface area (Å²) in [6.07, 6.45) is 0. The van der Waals surface area contributed by atoms with Crippen LogP contribution >= 0.6 is 43.5 Å². The summed E-state index contributed by atoms with van der Waals surface area (Å²) in [5, 5.41) is 0.743. The van der Waals surface area contributed by atoms with E-state index in [1.54, 1.807) is 0 Å². The van der Waals surface area contributed by atoms with Crippen molar-refractivity contribution in [2.45, 2.75) is 12.6 Å². The highest BCUT2D eigenvalue weighted by atomic mass is 79.9. The van der Waals surface area contributed by atoms with Crippen molar-refractivity contribution in [1.82, 2.24) is 4.90 Å². The van der Waals surface area contributed by atoms with E-state index in [0.717, 1.165) is 26.1 Å². The Morgan fingerprint density at radius 2 is 1.90 bits per heavy atom. The lowest BCUT2D eigenvalue weighted by Crippen LogP contribution is -2.30. The smallest absolute Gasteiger partial charge is 0.0486 e. The van der Waals surface area contributed by atoms with Crippen molar-refractivity contribution in [3.63, 3.8) is 0 Å². The molecule has 2 nitrogen and oxygen atoms in total. The molecule has 0 aliphatic rings. The van der Waals surface area contributed by atoms with E-state index in [9.17, 15) is 0 Å². The van der Waals surface area contributed by atoms with Crippen molar-refractivity contribution in [1.29, 1.82) is 0 Å². The van der Waals surface area contributed by atoms with Crippen molar-refractivity contribution in [2.75, 3.05) is 13.6 Å². The van der Waals surface area contributed by atoms with Gasteiger partial charge in [-0.2, -0.15) is 0 Å². The average Bonchev–Trinajstić information content (AvgIpc) is 2.46. The van der Waals surface area contributed by atoms with Gasteiger partial charge in [-0.25, -0.2) is 0 Å². The van der Waals surface area contributed by atoms with Crippen LogP contribution in [0.15, 0.2) is 51.4 Å². The maximum absolute atomic E-state index is 6.34. The topological polar surface area (TPSA) is 29.3 Å². The standard InChI is InChI=1S/C16H17Br2ClN2/c1-21(10-11-4-2-3-5-14(11)18)16(9-20)13-8-12(17)6-7-15(13)19/h2-8,16H,9-10,20H2,1H3. The van der Waals surface area contributed by atoms with Crippen molar-refractivity contribution < 1.29 is 0 Å². The first kappa shape index (κ1) is 17.0. The molecule has 0 aliphatic carbocycles.